The van der Waals surface area contributed by atoms with Crippen molar-refractivity contribution in [2.75, 3.05) is 0 Å². The van der Waals surface area contributed by atoms with Gasteiger partial charge >= 0.3 is 0 Å². The van der Waals surface area contributed by atoms with Gasteiger partial charge in [0.1, 0.15) is 0 Å². The zero-order valence-electron chi connectivity index (χ0n) is 8.47. The van der Waals surface area contributed by atoms with E-state index in [2.05, 4.69) is 29.2 Å². The van der Waals surface area contributed by atoms with E-state index in [4.69, 9.17) is 0 Å². The van der Waals surface area contributed by atoms with Crippen molar-refractivity contribution in [3.05, 3.63) is 66.0 Å². The third-order valence-electron chi connectivity index (χ3n) is 1.95. The van der Waals surface area contributed by atoms with Crippen LogP contribution in [0.4, 0.5) is 0 Å². The normalized spacial score (nSPS) is 8.53. The van der Waals surface area contributed by atoms with Crippen molar-refractivity contribution in [3.8, 4) is 0 Å². The van der Waals surface area contributed by atoms with Gasteiger partial charge in [-0.3, -0.25) is 4.98 Å². The van der Waals surface area contributed by atoms with Crippen LogP contribution in [0.15, 0.2) is 54.7 Å². The summed E-state index contributed by atoms with van der Waals surface area (Å²) in [6.07, 6.45) is 2.75. The van der Waals surface area contributed by atoms with E-state index >= 15 is 0 Å². The quantitative estimate of drug-likeness (QED) is 0.848. The highest BCUT2D eigenvalue weighted by molar-refractivity contribution is 5.85. The molecule has 0 aliphatic carbocycles. The lowest BCUT2D eigenvalue weighted by Gasteiger charge is -1.99. The lowest BCUT2D eigenvalue weighted by molar-refractivity contribution is 1.07. The summed E-state index contributed by atoms with van der Waals surface area (Å²) in [6, 6.07) is 16.4. The fourth-order valence-electron chi connectivity index (χ4n) is 1.31. The standard InChI is InChI=1S/C12H11N.ClH.H3N/c1-2-6-11(7-3-1)10-12-8-4-5-9-13-12;;/h1-9H,10H2;1H;1H3. The highest BCUT2D eigenvalue weighted by atomic mass is 35.5. The molecule has 3 N–H and O–H groups in total. The first-order valence-corrected chi connectivity index (χ1v) is 4.39. The zero-order valence-corrected chi connectivity index (χ0v) is 9.28. The maximum atomic E-state index is 4.27. The van der Waals surface area contributed by atoms with E-state index in [1.54, 1.807) is 0 Å². The van der Waals surface area contributed by atoms with E-state index in [9.17, 15) is 0 Å². The minimum atomic E-state index is 0. The zero-order chi connectivity index (χ0) is 8.93. The summed E-state index contributed by atoms with van der Waals surface area (Å²) < 4.78 is 0. The number of halogens is 1. The van der Waals surface area contributed by atoms with Crippen molar-refractivity contribution in [2.24, 2.45) is 0 Å². The van der Waals surface area contributed by atoms with Crippen LogP contribution in [0.3, 0.4) is 0 Å². The van der Waals surface area contributed by atoms with Gasteiger partial charge in [0, 0.05) is 18.3 Å². The molecule has 1 aromatic heterocycles. The SMILES string of the molecule is Cl.N.c1ccc(Cc2ccccn2)cc1. The number of nitrogens with zero attached hydrogens (tertiary/aromatic N) is 1. The van der Waals surface area contributed by atoms with E-state index in [1.165, 1.54) is 5.56 Å². The first kappa shape index (κ1) is 13.6. The second-order valence-electron chi connectivity index (χ2n) is 2.98. The lowest BCUT2D eigenvalue weighted by Crippen LogP contribution is -1.89. The van der Waals surface area contributed by atoms with Crippen molar-refractivity contribution in [1.82, 2.24) is 11.1 Å². The Morgan fingerprint density at radius 2 is 1.53 bits per heavy atom. The average molecular weight is 223 g/mol. The fraction of sp³-hybridized carbons (Fsp3) is 0.0833. The van der Waals surface area contributed by atoms with Crippen molar-refractivity contribution >= 4 is 12.4 Å². The Labute approximate surface area is 96.4 Å². The molecule has 2 aromatic rings. The number of hydrogen-bond donors (Lipinski definition) is 1. The molecule has 0 amide bonds. The molecule has 0 spiro atoms. The van der Waals surface area contributed by atoms with Crippen LogP contribution in [0.2, 0.25) is 0 Å². The van der Waals surface area contributed by atoms with Crippen molar-refractivity contribution in [2.45, 2.75) is 6.42 Å². The predicted molar refractivity (Wildman–Crippen MR) is 65.8 cm³/mol. The first-order chi connectivity index (χ1) is 6.45. The summed E-state index contributed by atoms with van der Waals surface area (Å²) >= 11 is 0. The summed E-state index contributed by atoms with van der Waals surface area (Å²) in [5, 5.41) is 0. The summed E-state index contributed by atoms with van der Waals surface area (Å²) in [4.78, 5) is 4.27. The molecule has 0 saturated carbocycles. The van der Waals surface area contributed by atoms with Crippen molar-refractivity contribution in [1.29, 1.82) is 0 Å². The maximum Gasteiger partial charge on any atom is 0.0447 e. The minimum Gasteiger partial charge on any atom is -0.344 e. The number of rotatable bonds is 2. The molecule has 0 atom stereocenters. The first-order valence-electron chi connectivity index (χ1n) is 4.39. The van der Waals surface area contributed by atoms with Crippen molar-refractivity contribution < 1.29 is 0 Å². The Morgan fingerprint density at radius 3 is 2.13 bits per heavy atom. The van der Waals surface area contributed by atoms with E-state index in [-0.39, 0.29) is 18.6 Å². The molecule has 0 saturated heterocycles. The molecule has 3 heteroatoms. The average Bonchev–Trinajstić information content (AvgIpc) is 2.21. The van der Waals surface area contributed by atoms with Crippen molar-refractivity contribution in [3.63, 3.8) is 0 Å². The molecule has 0 aliphatic heterocycles. The summed E-state index contributed by atoms with van der Waals surface area (Å²) in [5.74, 6) is 0. The van der Waals surface area contributed by atoms with Gasteiger partial charge in [0.2, 0.25) is 0 Å². The van der Waals surface area contributed by atoms with Gasteiger partial charge in [-0.25, -0.2) is 0 Å². The molecule has 2 rings (SSSR count). The maximum absolute atomic E-state index is 4.27. The third-order valence-corrected chi connectivity index (χ3v) is 1.95. The molecule has 0 bridgehead atoms. The molecule has 0 aliphatic rings. The predicted octanol–water partition coefficient (Wildman–Crippen LogP) is 3.26. The number of pyridine rings is 1. The molecule has 0 radical (unpaired) electrons. The highest BCUT2D eigenvalue weighted by Gasteiger charge is 1.94. The lowest BCUT2D eigenvalue weighted by atomic mass is 10.1. The number of benzene rings is 1. The third kappa shape index (κ3) is 4.11. The van der Waals surface area contributed by atoms with Gasteiger partial charge in [0.15, 0.2) is 0 Å². The van der Waals surface area contributed by atoms with Crippen LogP contribution >= 0.6 is 12.4 Å². The molecule has 15 heavy (non-hydrogen) atoms. The van der Waals surface area contributed by atoms with Gasteiger partial charge in [0.05, 0.1) is 0 Å². The highest BCUT2D eigenvalue weighted by Crippen LogP contribution is 2.05. The molecular formula is C12H15ClN2. The minimum absolute atomic E-state index is 0. The monoisotopic (exact) mass is 222 g/mol. The van der Waals surface area contributed by atoms with Crippen LogP contribution in [0.25, 0.3) is 0 Å². The van der Waals surface area contributed by atoms with Crippen LogP contribution in [0, 0.1) is 0 Å². The molecule has 1 heterocycles. The van der Waals surface area contributed by atoms with Gasteiger partial charge in [0.25, 0.3) is 0 Å². The molecule has 0 fully saturated rings. The molecule has 1 aromatic carbocycles. The Hall–Kier alpha value is -1.38. The summed E-state index contributed by atoms with van der Waals surface area (Å²) in [5.41, 5.74) is 2.43. The van der Waals surface area contributed by atoms with Gasteiger partial charge in [-0.15, -0.1) is 12.4 Å². The van der Waals surface area contributed by atoms with Crippen LogP contribution in [-0.4, -0.2) is 4.98 Å². The van der Waals surface area contributed by atoms with Crippen LogP contribution in [0.1, 0.15) is 11.3 Å². The van der Waals surface area contributed by atoms with E-state index < -0.39 is 0 Å². The second-order valence-corrected chi connectivity index (χ2v) is 2.98. The van der Waals surface area contributed by atoms with Crippen LogP contribution < -0.4 is 6.15 Å². The Kier molecular flexibility index (Phi) is 6.34. The second kappa shape index (κ2) is 6.98. The smallest absolute Gasteiger partial charge is 0.0447 e. The van der Waals surface area contributed by atoms with Gasteiger partial charge in [-0.2, -0.15) is 0 Å². The van der Waals surface area contributed by atoms with Gasteiger partial charge in [-0.1, -0.05) is 36.4 Å². The molecule has 2 nitrogen and oxygen atoms in total. The summed E-state index contributed by atoms with van der Waals surface area (Å²) in [7, 11) is 0. The fourth-order valence-corrected chi connectivity index (χ4v) is 1.31. The van der Waals surface area contributed by atoms with E-state index in [1.807, 2.05) is 30.5 Å². The number of aromatic nitrogens is 1. The van der Waals surface area contributed by atoms with Crippen LogP contribution in [-0.2, 0) is 6.42 Å². The largest absolute Gasteiger partial charge is 0.344 e. The topological polar surface area (TPSA) is 47.9 Å². The van der Waals surface area contributed by atoms with Gasteiger partial charge in [-0.05, 0) is 17.7 Å². The molecular weight excluding hydrogens is 208 g/mol. The number of hydrogen-bond acceptors (Lipinski definition) is 2. The molecule has 80 valence electrons. The Balaban J connectivity index is 0.000000980. The van der Waals surface area contributed by atoms with Crippen LogP contribution in [0.5, 0.6) is 0 Å². The molecule has 0 unspecified atom stereocenters. The van der Waals surface area contributed by atoms with E-state index in [0.717, 1.165) is 12.1 Å². The Bertz CT molecular complexity index is 324. The van der Waals surface area contributed by atoms with Gasteiger partial charge < -0.3 is 6.15 Å². The van der Waals surface area contributed by atoms with E-state index in [0.29, 0.717) is 0 Å². The summed E-state index contributed by atoms with van der Waals surface area (Å²) in [6.45, 7) is 0. The Morgan fingerprint density at radius 1 is 0.867 bits per heavy atom.